The average Bonchev–Trinajstić information content (AvgIpc) is 3.70. The second-order valence-corrected chi connectivity index (χ2v) is 12.9. The first-order valence-corrected chi connectivity index (χ1v) is 15.6. The van der Waals surface area contributed by atoms with E-state index in [1.54, 1.807) is 11.9 Å². The first kappa shape index (κ1) is 33.3. The van der Waals surface area contributed by atoms with E-state index in [2.05, 4.69) is 16.5 Å². The Kier molecular flexibility index (Phi) is 8.63. The number of halogens is 6. The maximum atomic E-state index is 15.4. The third kappa shape index (κ3) is 5.85. The molecule has 1 amide bonds. The number of nitrogens with two attached hydrogens (primary N) is 1. The van der Waals surface area contributed by atoms with E-state index in [0.717, 1.165) is 41.7 Å². The Bertz CT molecular complexity index is 1980. The van der Waals surface area contributed by atoms with E-state index < -0.39 is 47.4 Å². The number of anilines is 2. The third-order valence-corrected chi connectivity index (χ3v) is 9.93. The van der Waals surface area contributed by atoms with Crippen molar-refractivity contribution >= 4 is 49.1 Å². The van der Waals surface area contributed by atoms with E-state index in [-0.39, 0.29) is 87.6 Å². The molecule has 2 aromatic heterocycles. The lowest BCUT2D eigenvalue weighted by molar-refractivity contribution is -0.137. The number of ether oxygens (including phenoxy) is 1. The van der Waals surface area contributed by atoms with Crippen molar-refractivity contribution in [1.29, 1.82) is 5.26 Å². The number of nitriles is 1. The zero-order chi connectivity index (χ0) is 34.7. The van der Waals surface area contributed by atoms with E-state index in [0.29, 0.717) is 0 Å². The highest BCUT2D eigenvalue weighted by Crippen LogP contribution is 2.46. The summed E-state index contributed by atoms with van der Waals surface area (Å²) in [6.45, 7) is 3.25. The number of likely N-dealkylation sites (tertiary alicyclic amines) is 2. The number of thiophene rings is 1. The SMILES string of the molecule is C=CC(=O)N1CC(F)C(N(C)c2nc(OCC3CC(F)CN3C)nc3cc(-c4ccc(F)c5sc(N)c(C#N)c45)c(C(F)(F)F)cc23)C1. The summed E-state index contributed by atoms with van der Waals surface area (Å²) in [5.41, 5.74) is 4.12. The van der Waals surface area contributed by atoms with Gasteiger partial charge in [-0.1, -0.05) is 12.6 Å². The molecule has 0 spiro atoms. The second-order valence-electron chi connectivity index (χ2n) is 11.9. The number of amides is 1. The minimum absolute atomic E-state index is 0.0281. The molecule has 2 aromatic carbocycles. The van der Waals surface area contributed by atoms with Crippen molar-refractivity contribution in [2.24, 2.45) is 0 Å². The number of nitrogen functional groups attached to an aromatic ring is 1. The van der Waals surface area contributed by atoms with Crippen molar-refractivity contribution in [2.75, 3.05) is 51.0 Å². The normalized spacial score (nSPS) is 21.6. The molecule has 2 aliphatic rings. The predicted molar refractivity (Wildman–Crippen MR) is 170 cm³/mol. The van der Waals surface area contributed by atoms with Gasteiger partial charge in [-0.25, -0.2) is 13.2 Å². The van der Waals surface area contributed by atoms with Crippen molar-refractivity contribution < 1.29 is 35.9 Å². The van der Waals surface area contributed by atoms with Gasteiger partial charge in [0, 0.05) is 37.0 Å². The average molecular weight is 690 g/mol. The molecule has 252 valence electrons. The third-order valence-electron chi connectivity index (χ3n) is 8.90. The number of hydrogen-bond acceptors (Lipinski definition) is 9. The lowest BCUT2D eigenvalue weighted by atomic mass is 9.93. The van der Waals surface area contributed by atoms with Crippen LogP contribution in [0.3, 0.4) is 0 Å². The lowest BCUT2D eigenvalue weighted by Crippen LogP contribution is -2.40. The van der Waals surface area contributed by atoms with Crippen LogP contribution in [0.5, 0.6) is 6.01 Å². The van der Waals surface area contributed by atoms with Crippen molar-refractivity contribution in [3.8, 4) is 23.2 Å². The lowest BCUT2D eigenvalue weighted by Gasteiger charge is -2.28. The number of rotatable bonds is 7. The molecule has 2 saturated heterocycles. The maximum Gasteiger partial charge on any atom is 0.417 e. The van der Waals surface area contributed by atoms with Crippen molar-refractivity contribution in [1.82, 2.24) is 19.8 Å². The quantitative estimate of drug-likeness (QED) is 0.194. The van der Waals surface area contributed by atoms with Crippen LogP contribution in [0, 0.1) is 17.1 Å². The van der Waals surface area contributed by atoms with Gasteiger partial charge in [-0.2, -0.15) is 28.4 Å². The molecule has 0 radical (unpaired) electrons. The second kappa shape index (κ2) is 12.4. The van der Waals surface area contributed by atoms with Crippen molar-refractivity contribution in [2.45, 2.75) is 37.0 Å². The van der Waals surface area contributed by atoms with Crippen LogP contribution >= 0.6 is 11.3 Å². The van der Waals surface area contributed by atoms with Gasteiger partial charge in [-0.3, -0.25) is 9.69 Å². The van der Waals surface area contributed by atoms with E-state index in [4.69, 9.17) is 10.5 Å². The fraction of sp³-hybridized carbons (Fsp3) is 0.375. The van der Waals surface area contributed by atoms with Crippen LogP contribution in [-0.4, -0.2) is 90.4 Å². The smallest absolute Gasteiger partial charge is 0.417 e. The molecule has 4 aromatic rings. The van der Waals surface area contributed by atoms with Crippen molar-refractivity contribution in [3.63, 3.8) is 0 Å². The van der Waals surface area contributed by atoms with Gasteiger partial charge in [-0.05, 0) is 48.9 Å². The summed E-state index contributed by atoms with van der Waals surface area (Å²) in [6, 6.07) is 4.41. The largest absolute Gasteiger partial charge is 0.462 e. The number of hydrogen-bond donors (Lipinski definition) is 1. The molecular formula is C32H29F6N7O2S. The highest BCUT2D eigenvalue weighted by Gasteiger charge is 2.40. The Morgan fingerprint density at radius 2 is 1.98 bits per heavy atom. The van der Waals surface area contributed by atoms with E-state index >= 15 is 4.39 Å². The Morgan fingerprint density at radius 3 is 2.62 bits per heavy atom. The molecule has 2 N–H and O–H groups in total. The van der Waals surface area contributed by atoms with Gasteiger partial charge < -0.3 is 20.3 Å². The molecule has 0 bridgehead atoms. The van der Waals surface area contributed by atoms with E-state index in [1.807, 2.05) is 6.07 Å². The number of carbonyl (C=O) groups excluding carboxylic acids is 1. The van der Waals surface area contributed by atoms with Gasteiger partial charge in [0.1, 0.15) is 41.7 Å². The molecule has 6 rings (SSSR count). The minimum Gasteiger partial charge on any atom is -0.462 e. The summed E-state index contributed by atoms with van der Waals surface area (Å²) < 4.78 is 94.6. The summed E-state index contributed by atoms with van der Waals surface area (Å²) in [4.78, 5) is 25.4. The number of benzene rings is 2. The maximum absolute atomic E-state index is 15.4. The van der Waals surface area contributed by atoms with E-state index in [9.17, 15) is 32.0 Å². The van der Waals surface area contributed by atoms with Gasteiger partial charge in [0.2, 0.25) is 5.91 Å². The molecule has 16 heteroatoms. The number of aromatic nitrogens is 2. The van der Waals surface area contributed by atoms with Crippen LogP contribution in [0.15, 0.2) is 36.9 Å². The number of fused-ring (bicyclic) bond motifs is 2. The first-order valence-electron chi connectivity index (χ1n) is 14.8. The number of alkyl halides is 5. The summed E-state index contributed by atoms with van der Waals surface area (Å²) >= 11 is 0.748. The van der Waals surface area contributed by atoms with Crippen LogP contribution in [0.1, 0.15) is 17.5 Å². The zero-order valence-electron chi connectivity index (χ0n) is 25.7. The Balaban J connectivity index is 1.55. The fourth-order valence-electron chi connectivity index (χ4n) is 6.41. The zero-order valence-corrected chi connectivity index (χ0v) is 26.5. The Hall–Kier alpha value is -4.62. The van der Waals surface area contributed by atoms with Crippen LogP contribution < -0.4 is 15.4 Å². The highest BCUT2D eigenvalue weighted by atomic mass is 32.1. The molecular weight excluding hydrogens is 660 g/mol. The number of carbonyl (C=O) groups is 1. The van der Waals surface area contributed by atoms with Gasteiger partial charge >= 0.3 is 12.2 Å². The van der Waals surface area contributed by atoms with Crippen LogP contribution in [0.4, 0.5) is 37.2 Å². The van der Waals surface area contributed by atoms with Gasteiger partial charge in [-0.15, -0.1) is 11.3 Å². The molecule has 0 saturated carbocycles. The van der Waals surface area contributed by atoms with Crippen LogP contribution in [-0.2, 0) is 11.0 Å². The van der Waals surface area contributed by atoms with Gasteiger partial charge in [0.05, 0.1) is 33.9 Å². The molecule has 0 aliphatic carbocycles. The predicted octanol–water partition coefficient (Wildman–Crippen LogP) is 5.72. The molecule has 9 nitrogen and oxygen atoms in total. The van der Waals surface area contributed by atoms with E-state index in [1.165, 1.54) is 16.8 Å². The fourth-order valence-corrected chi connectivity index (χ4v) is 7.36. The molecule has 2 aliphatic heterocycles. The molecule has 4 atom stereocenters. The number of nitrogens with zero attached hydrogens (tertiary/aromatic N) is 6. The Labute approximate surface area is 274 Å². The summed E-state index contributed by atoms with van der Waals surface area (Å²) in [6.07, 6.45) is -6.36. The van der Waals surface area contributed by atoms with Crippen LogP contribution in [0.25, 0.3) is 32.1 Å². The monoisotopic (exact) mass is 689 g/mol. The summed E-state index contributed by atoms with van der Waals surface area (Å²) in [5, 5.41) is 9.55. The minimum atomic E-state index is -4.96. The van der Waals surface area contributed by atoms with Crippen molar-refractivity contribution in [3.05, 3.63) is 53.9 Å². The Morgan fingerprint density at radius 1 is 1.23 bits per heavy atom. The summed E-state index contributed by atoms with van der Waals surface area (Å²) in [5.74, 6) is -1.35. The first-order chi connectivity index (χ1) is 22.7. The summed E-state index contributed by atoms with van der Waals surface area (Å²) in [7, 11) is 3.17. The standard InChI is InChI=1S/C32H29F6N7O2S/c1-4-26(46)45-12-23(35)25(13-45)44(3)30-19-8-21(32(36,37)38)18(17-5-6-22(34)28-27(17)20(10-39)29(40)48-28)9-24(19)41-31(42-30)47-14-16-7-15(33)11-43(16)2/h4-6,8-9,15-16,23,25H,1,7,11-14,40H2,2-3H3. The topological polar surface area (TPSA) is 112 Å². The molecule has 4 unspecified atom stereocenters. The van der Waals surface area contributed by atoms with Gasteiger partial charge in [0.25, 0.3) is 0 Å². The molecule has 2 fully saturated rings. The number of likely N-dealkylation sites (N-methyl/N-ethyl adjacent to an activating group) is 2. The van der Waals surface area contributed by atoms with Gasteiger partial charge in [0.15, 0.2) is 0 Å². The highest BCUT2D eigenvalue weighted by molar-refractivity contribution is 7.23. The molecule has 4 heterocycles. The van der Waals surface area contributed by atoms with Crippen LogP contribution in [0.2, 0.25) is 0 Å². The molecule has 48 heavy (non-hydrogen) atoms.